The maximum Gasteiger partial charge on any atom is 0.175 e. The van der Waals surface area contributed by atoms with Gasteiger partial charge in [0.25, 0.3) is 0 Å². The Balaban J connectivity index is 2.19. The molecule has 3 nitrogen and oxygen atoms in total. The summed E-state index contributed by atoms with van der Waals surface area (Å²) < 4.78 is 36.1. The number of carbonyl (C=O) groups excluding carboxylic acids is 1. The van der Waals surface area contributed by atoms with Crippen LogP contribution >= 0.6 is 0 Å². The smallest absolute Gasteiger partial charge is 0.175 e. The topological polar surface area (TPSA) is 51.2 Å². The van der Waals surface area contributed by atoms with Gasteiger partial charge in [-0.1, -0.05) is 24.3 Å². The summed E-state index contributed by atoms with van der Waals surface area (Å²) in [6.45, 7) is 0. The molecule has 2 aromatic carbocycles. The van der Waals surface area contributed by atoms with Gasteiger partial charge in [0.1, 0.15) is 5.82 Å². The molecule has 0 heterocycles. The standard InChI is InChI=1S/C15H13FO3S/c1-20(18,19)12-8-6-11(7-9-12)10-15(17)13-4-2-3-5-14(13)16/h2-9H,10H2,1H3. The lowest BCUT2D eigenvalue weighted by Crippen LogP contribution is -2.06. The van der Waals surface area contributed by atoms with Crippen molar-refractivity contribution in [2.75, 3.05) is 6.26 Å². The van der Waals surface area contributed by atoms with E-state index in [9.17, 15) is 17.6 Å². The quantitative estimate of drug-likeness (QED) is 0.814. The molecular weight excluding hydrogens is 279 g/mol. The Kier molecular flexibility index (Phi) is 3.99. The molecule has 5 heteroatoms. The van der Waals surface area contributed by atoms with Crippen molar-refractivity contribution < 1.29 is 17.6 Å². The summed E-state index contributed by atoms with van der Waals surface area (Å²) in [6.07, 6.45) is 1.15. The van der Waals surface area contributed by atoms with Crippen molar-refractivity contribution in [3.05, 3.63) is 65.5 Å². The van der Waals surface area contributed by atoms with Crippen molar-refractivity contribution in [3.63, 3.8) is 0 Å². The molecule has 0 aliphatic carbocycles. The van der Waals surface area contributed by atoms with Gasteiger partial charge in [0, 0.05) is 12.7 Å². The molecule has 0 N–H and O–H groups in total. The van der Waals surface area contributed by atoms with Gasteiger partial charge in [-0.25, -0.2) is 12.8 Å². The fraction of sp³-hybridized carbons (Fsp3) is 0.133. The number of hydrogen-bond donors (Lipinski definition) is 0. The number of rotatable bonds is 4. The highest BCUT2D eigenvalue weighted by molar-refractivity contribution is 7.90. The number of carbonyl (C=O) groups is 1. The van der Waals surface area contributed by atoms with E-state index in [1.54, 1.807) is 18.2 Å². The van der Waals surface area contributed by atoms with Crippen LogP contribution in [0.1, 0.15) is 15.9 Å². The van der Waals surface area contributed by atoms with Gasteiger partial charge >= 0.3 is 0 Å². The highest BCUT2D eigenvalue weighted by Crippen LogP contribution is 2.14. The van der Waals surface area contributed by atoms with Crippen molar-refractivity contribution in [1.82, 2.24) is 0 Å². The molecule has 0 bridgehead atoms. The first kappa shape index (κ1) is 14.4. The Morgan fingerprint density at radius 3 is 2.20 bits per heavy atom. The number of ketones is 1. The zero-order chi connectivity index (χ0) is 14.8. The number of sulfone groups is 1. The summed E-state index contributed by atoms with van der Waals surface area (Å²) in [4.78, 5) is 12.2. The molecule has 104 valence electrons. The largest absolute Gasteiger partial charge is 0.294 e. The van der Waals surface area contributed by atoms with Crippen LogP contribution in [0.4, 0.5) is 4.39 Å². The predicted molar refractivity (Wildman–Crippen MR) is 74.0 cm³/mol. The van der Waals surface area contributed by atoms with Crippen molar-refractivity contribution in [2.24, 2.45) is 0 Å². The number of Topliss-reactive ketones (excluding diaryl/α,β-unsaturated/α-hetero) is 1. The molecule has 0 spiro atoms. The summed E-state index contributed by atoms with van der Waals surface area (Å²) in [5, 5.41) is 0. The molecule has 2 rings (SSSR count). The van der Waals surface area contributed by atoms with Gasteiger partial charge in [-0.15, -0.1) is 0 Å². The molecule has 2 aromatic rings. The third-order valence-corrected chi connectivity index (χ3v) is 4.02. The van der Waals surface area contributed by atoms with Crippen molar-refractivity contribution >= 4 is 15.6 Å². The molecule has 0 aliphatic heterocycles. The second-order valence-electron chi connectivity index (χ2n) is 4.50. The molecule has 0 fully saturated rings. The molecule has 0 unspecified atom stereocenters. The SMILES string of the molecule is CS(=O)(=O)c1ccc(CC(=O)c2ccccc2F)cc1. The van der Waals surface area contributed by atoms with Crippen LogP contribution in [-0.2, 0) is 16.3 Å². The Bertz CT molecular complexity index is 734. The lowest BCUT2D eigenvalue weighted by molar-refractivity contribution is 0.0989. The minimum Gasteiger partial charge on any atom is -0.294 e. The second kappa shape index (κ2) is 5.54. The van der Waals surface area contributed by atoms with Gasteiger partial charge in [-0.05, 0) is 29.8 Å². The second-order valence-corrected chi connectivity index (χ2v) is 6.51. The van der Waals surface area contributed by atoms with Gasteiger partial charge in [0.2, 0.25) is 0 Å². The molecule has 0 aromatic heterocycles. The van der Waals surface area contributed by atoms with Crippen LogP contribution in [0.3, 0.4) is 0 Å². The van der Waals surface area contributed by atoms with Crippen LogP contribution < -0.4 is 0 Å². The van der Waals surface area contributed by atoms with Crippen LogP contribution in [-0.4, -0.2) is 20.5 Å². The Labute approximate surface area is 117 Å². The normalized spacial score (nSPS) is 11.3. The summed E-state index contributed by atoms with van der Waals surface area (Å²) in [7, 11) is -3.25. The Morgan fingerprint density at radius 2 is 1.65 bits per heavy atom. The minimum absolute atomic E-state index is 0.0327. The van der Waals surface area contributed by atoms with E-state index >= 15 is 0 Å². The summed E-state index contributed by atoms with van der Waals surface area (Å²) in [6, 6.07) is 11.8. The highest BCUT2D eigenvalue weighted by atomic mass is 32.2. The van der Waals surface area contributed by atoms with Gasteiger partial charge in [-0.2, -0.15) is 0 Å². The lowest BCUT2D eigenvalue weighted by Gasteiger charge is -2.04. The monoisotopic (exact) mass is 292 g/mol. The fourth-order valence-corrected chi connectivity index (χ4v) is 2.45. The number of halogens is 1. The molecule has 0 radical (unpaired) electrons. The average Bonchev–Trinajstić information content (AvgIpc) is 2.38. The summed E-state index contributed by atoms with van der Waals surface area (Å²) in [5.74, 6) is -0.888. The van der Waals surface area contributed by atoms with Crippen LogP contribution in [0.15, 0.2) is 53.4 Å². The van der Waals surface area contributed by atoms with Crippen LogP contribution in [0.25, 0.3) is 0 Å². The molecule has 0 saturated carbocycles. The van der Waals surface area contributed by atoms with E-state index in [2.05, 4.69) is 0 Å². The first-order chi connectivity index (χ1) is 9.38. The van der Waals surface area contributed by atoms with Crippen LogP contribution in [0, 0.1) is 5.82 Å². The predicted octanol–water partition coefficient (Wildman–Crippen LogP) is 2.65. The first-order valence-corrected chi connectivity index (χ1v) is 7.84. The van der Waals surface area contributed by atoms with E-state index < -0.39 is 15.7 Å². The van der Waals surface area contributed by atoms with Crippen molar-refractivity contribution in [2.45, 2.75) is 11.3 Å². The van der Waals surface area contributed by atoms with Gasteiger partial charge in [0.15, 0.2) is 15.6 Å². The maximum atomic E-state index is 13.5. The van der Waals surface area contributed by atoms with E-state index in [0.29, 0.717) is 5.56 Å². The average molecular weight is 292 g/mol. The molecule has 0 atom stereocenters. The highest BCUT2D eigenvalue weighted by Gasteiger charge is 2.12. The number of benzene rings is 2. The van der Waals surface area contributed by atoms with E-state index in [1.807, 2.05) is 0 Å². The molecule has 0 saturated heterocycles. The van der Waals surface area contributed by atoms with E-state index in [-0.39, 0.29) is 22.7 Å². The van der Waals surface area contributed by atoms with Crippen LogP contribution in [0.5, 0.6) is 0 Å². The van der Waals surface area contributed by atoms with Crippen LogP contribution in [0.2, 0.25) is 0 Å². The Morgan fingerprint density at radius 1 is 1.05 bits per heavy atom. The van der Waals surface area contributed by atoms with Gasteiger partial charge in [0.05, 0.1) is 10.5 Å². The third kappa shape index (κ3) is 3.30. The summed E-state index contributed by atoms with van der Waals surface area (Å²) in [5.41, 5.74) is 0.686. The zero-order valence-electron chi connectivity index (χ0n) is 10.8. The molecule has 20 heavy (non-hydrogen) atoms. The van der Waals surface area contributed by atoms with E-state index in [1.165, 1.54) is 30.3 Å². The van der Waals surface area contributed by atoms with Crippen molar-refractivity contribution in [3.8, 4) is 0 Å². The third-order valence-electron chi connectivity index (χ3n) is 2.89. The van der Waals surface area contributed by atoms with Crippen molar-refractivity contribution in [1.29, 1.82) is 0 Å². The summed E-state index contributed by atoms with van der Waals surface area (Å²) >= 11 is 0. The van der Waals surface area contributed by atoms with E-state index in [0.717, 1.165) is 6.26 Å². The first-order valence-electron chi connectivity index (χ1n) is 5.94. The number of hydrogen-bond acceptors (Lipinski definition) is 3. The van der Waals surface area contributed by atoms with E-state index in [4.69, 9.17) is 0 Å². The molecule has 0 amide bonds. The maximum absolute atomic E-state index is 13.5. The Hall–Kier alpha value is -2.01. The zero-order valence-corrected chi connectivity index (χ0v) is 11.7. The molecular formula is C15H13FO3S. The van der Waals surface area contributed by atoms with Gasteiger partial charge < -0.3 is 0 Å². The van der Waals surface area contributed by atoms with Gasteiger partial charge in [-0.3, -0.25) is 4.79 Å². The minimum atomic E-state index is -3.25. The fourth-order valence-electron chi connectivity index (χ4n) is 1.82. The lowest BCUT2D eigenvalue weighted by atomic mass is 10.0. The molecule has 0 aliphatic rings.